The van der Waals surface area contributed by atoms with Crippen molar-refractivity contribution in [3.8, 4) is 0 Å². The van der Waals surface area contributed by atoms with Gasteiger partial charge in [0.2, 0.25) is 11.8 Å². The molecule has 1 aromatic heterocycles. The van der Waals surface area contributed by atoms with E-state index in [0.29, 0.717) is 16.6 Å². The van der Waals surface area contributed by atoms with Crippen LogP contribution < -0.4 is 16.4 Å². The maximum Gasteiger partial charge on any atom is 0.252 e. The van der Waals surface area contributed by atoms with Crippen molar-refractivity contribution in [1.29, 1.82) is 0 Å². The van der Waals surface area contributed by atoms with Crippen LogP contribution in [0.3, 0.4) is 0 Å². The smallest absolute Gasteiger partial charge is 0.252 e. The summed E-state index contributed by atoms with van der Waals surface area (Å²) in [6.07, 6.45) is 0.248. The van der Waals surface area contributed by atoms with Crippen molar-refractivity contribution in [1.82, 2.24) is 26.0 Å². The first-order chi connectivity index (χ1) is 14.0. The Morgan fingerprint density at radius 3 is 2.41 bits per heavy atom. The normalized spacial score (nSPS) is 12.9. The average molecular weight is 412 g/mol. The second kappa shape index (κ2) is 9.20. The topological polar surface area (TPSA) is 143 Å². The van der Waals surface area contributed by atoms with Crippen LogP contribution in [0.2, 0.25) is 0 Å². The Morgan fingerprint density at radius 1 is 1.00 bits per heavy atom. The van der Waals surface area contributed by atoms with Crippen molar-refractivity contribution in [2.45, 2.75) is 18.5 Å². The summed E-state index contributed by atoms with van der Waals surface area (Å²) in [7, 11) is 0. The molecule has 0 aliphatic rings. The molecule has 29 heavy (non-hydrogen) atoms. The van der Waals surface area contributed by atoms with Gasteiger partial charge < -0.3 is 16.4 Å². The zero-order valence-electron chi connectivity index (χ0n) is 15.3. The molecule has 5 N–H and O–H groups in total. The highest BCUT2D eigenvalue weighted by Crippen LogP contribution is 2.11. The number of rotatable bonds is 8. The summed E-state index contributed by atoms with van der Waals surface area (Å²) >= 11 is 4.15. The maximum absolute atomic E-state index is 12.6. The van der Waals surface area contributed by atoms with Crippen LogP contribution in [0.4, 0.5) is 0 Å². The molecular weight excluding hydrogens is 392 g/mol. The van der Waals surface area contributed by atoms with Crippen molar-refractivity contribution in [2.75, 3.05) is 5.75 Å². The molecule has 1 heterocycles. The summed E-state index contributed by atoms with van der Waals surface area (Å²) in [4.78, 5) is 36.9. The molecule has 10 heteroatoms. The number of H-pyrrole nitrogens is 1. The molecule has 0 bridgehead atoms. The predicted molar refractivity (Wildman–Crippen MR) is 110 cm³/mol. The molecular formula is C19H20N6O3S. The van der Waals surface area contributed by atoms with Crippen molar-refractivity contribution in [3.63, 3.8) is 0 Å². The van der Waals surface area contributed by atoms with Crippen LogP contribution in [-0.2, 0) is 16.0 Å². The highest BCUT2D eigenvalue weighted by atomic mass is 32.1. The second-order valence-electron chi connectivity index (χ2n) is 6.39. The first-order valence-corrected chi connectivity index (χ1v) is 9.47. The minimum atomic E-state index is -0.948. The Morgan fingerprint density at radius 2 is 1.72 bits per heavy atom. The lowest BCUT2D eigenvalue weighted by Gasteiger charge is -2.21. The summed E-state index contributed by atoms with van der Waals surface area (Å²) in [6, 6.07) is 12.1. The van der Waals surface area contributed by atoms with Gasteiger partial charge in [-0.2, -0.15) is 28.0 Å². The van der Waals surface area contributed by atoms with Gasteiger partial charge in [-0.3, -0.25) is 14.4 Å². The fraction of sp³-hybridized carbons (Fsp3) is 0.211. The Balaban J connectivity index is 1.66. The number of amides is 3. The van der Waals surface area contributed by atoms with Gasteiger partial charge in [-0.15, -0.1) is 0 Å². The summed E-state index contributed by atoms with van der Waals surface area (Å²) in [5.74, 6) is -1.64. The summed E-state index contributed by atoms with van der Waals surface area (Å²) in [5, 5.41) is 15.5. The van der Waals surface area contributed by atoms with E-state index in [1.807, 2.05) is 30.3 Å². The number of aromatic amines is 1. The van der Waals surface area contributed by atoms with Crippen LogP contribution in [0.1, 0.15) is 15.9 Å². The zero-order valence-corrected chi connectivity index (χ0v) is 16.2. The molecule has 0 saturated heterocycles. The third-order valence-corrected chi connectivity index (χ3v) is 4.69. The fourth-order valence-corrected chi connectivity index (χ4v) is 3.02. The van der Waals surface area contributed by atoms with Gasteiger partial charge in [0.1, 0.15) is 23.1 Å². The number of aromatic nitrogens is 3. The fourth-order valence-electron chi connectivity index (χ4n) is 2.76. The number of thiol groups is 1. The molecule has 2 atom stereocenters. The molecule has 0 aliphatic heterocycles. The molecule has 0 aliphatic carbocycles. The summed E-state index contributed by atoms with van der Waals surface area (Å²) in [6.45, 7) is 0. The highest BCUT2D eigenvalue weighted by Gasteiger charge is 2.25. The van der Waals surface area contributed by atoms with Gasteiger partial charge in [0.05, 0.1) is 0 Å². The van der Waals surface area contributed by atoms with Crippen molar-refractivity contribution in [3.05, 3.63) is 59.7 Å². The van der Waals surface area contributed by atoms with E-state index in [1.54, 1.807) is 18.2 Å². The number of carbonyl (C=O) groups is 3. The number of nitrogens with zero attached hydrogens (tertiary/aromatic N) is 2. The minimum Gasteiger partial charge on any atom is -0.368 e. The molecule has 3 rings (SSSR count). The van der Waals surface area contributed by atoms with E-state index in [0.717, 1.165) is 5.56 Å². The number of nitrogens with two attached hydrogens (primary N) is 1. The Hall–Kier alpha value is -3.40. The lowest BCUT2D eigenvalue weighted by atomic mass is 10.1. The third-order valence-electron chi connectivity index (χ3n) is 4.33. The van der Waals surface area contributed by atoms with Gasteiger partial charge in [-0.05, 0) is 23.8 Å². The van der Waals surface area contributed by atoms with Crippen LogP contribution in [0.15, 0.2) is 48.5 Å². The van der Waals surface area contributed by atoms with E-state index in [4.69, 9.17) is 5.73 Å². The zero-order chi connectivity index (χ0) is 20.8. The van der Waals surface area contributed by atoms with Crippen LogP contribution in [0.5, 0.6) is 0 Å². The molecule has 0 radical (unpaired) electrons. The average Bonchev–Trinajstić information content (AvgIpc) is 3.19. The molecule has 0 unspecified atom stereocenters. The van der Waals surface area contributed by atoms with E-state index in [1.165, 1.54) is 0 Å². The van der Waals surface area contributed by atoms with Gasteiger partial charge in [-0.1, -0.05) is 30.3 Å². The molecule has 2 aromatic carbocycles. The molecule has 3 aromatic rings. The van der Waals surface area contributed by atoms with E-state index < -0.39 is 29.8 Å². The van der Waals surface area contributed by atoms with Crippen molar-refractivity contribution >= 4 is 41.4 Å². The lowest BCUT2D eigenvalue weighted by molar-refractivity contribution is -0.128. The summed E-state index contributed by atoms with van der Waals surface area (Å²) < 4.78 is 0. The quantitative estimate of drug-likeness (QED) is 0.336. The molecule has 9 nitrogen and oxygen atoms in total. The van der Waals surface area contributed by atoms with Gasteiger partial charge in [0.25, 0.3) is 5.91 Å². The maximum atomic E-state index is 12.6. The number of primary amides is 1. The number of hydrogen-bond donors (Lipinski definition) is 5. The number of benzene rings is 2. The van der Waals surface area contributed by atoms with Crippen LogP contribution >= 0.6 is 12.6 Å². The monoisotopic (exact) mass is 412 g/mol. The standard InChI is InChI=1S/C19H20N6O3S/c20-17(26)15(8-11-4-2-1-3-5-11)21-19(28)16(10-29)22-18(27)12-6-7-13-14(9-12)24-25-23-13/h1-7,9,15-16,29H,8,10H2,(H2,20,26)(H,21,28)(H,22,27)(H,23,24,25)/t15-,16-/m0/s1. The Labute approximate surface area is 171 Å². The van der Waals surface area contributed by atoms with Crippen molar-refractivity contribution < 1.29 is 14.4 Å². The van der Waals surface area contributed by atoms with Gasteiger partial charge in [-0.25, -0.2) is 0 Å². The van der Waals surface area contributed by atoms with Gasteiger partial charge in [0.15, 0.2) is 0 Å². The molecule has 3 amide bonds. The van der Waals surface area contributed by atoms with Crippen LogP contribution in [0.25, 0.3) is 11.0 Å². The lowest BCUT2D eigenvalue weighted by Crippen LogP contribution is -2.54. The summed E-state index contributed by atoms with van der Waals surface area (Å²) in [5.41, 5.74) is 7.75. The minimum absolute atomic E-state index is 0.0423. The van der Waals surface area contributed by atoms with Crippen LogP contribution in [-0.4, -0.2) is 51.0 Å². The van der Waals surface area contributed by atoms with E-state index >= 15 is 0 Å². The first-order valence-electron chi connectivity index (χ1n) is 8.84. The number of fused-ring (bicyclic) bond motifs is 1. The van der Waals surface area contributed by atoms with Crippen molar-refractivity contribution in [2.24, 2.45) is 5.73 Å². The van der Waals surface area contributed by atoms with E-state index in [-0.39, 0.29) is 12.2 Å². The Kier molecular flexibility index (Phi) is 6.45. The number of nitrogens with one attached hydrogen (secondary N) is 3. The number of hydrogen-bond acceptors (Lipinski definition) is 6. The molecule has 0 spiro atoms. The second-order valence-corrected chi connectivity index (χ2v) is 6.75. The first kappa shape index (κ1) is 20.3. The van der Waals surface area contributed by atoms with Gasteiger partial charge in [0, 0.05) is 17.7 Å². The van der Waals surface area contributed by atoms with Crippen LogP contribution in [0, 0.1) is 0 Å². The third kappa shape index (κ3) is 5.11. The Bertz CT molecular complexity index is 1020. The molecule has 0 fully saturated rings. The van der Waals surface area contributed by atoms with E-state index in [9.17, 15) is 14.4 Å². The van der Waals surface area contributed by atoms with E-state index in [2.05, 4.69) is 38.7 Å². The molecule has 150 valence electrons. The largest absolute Gasteiger partial charge is 0.368 e. The highest BCUT2D eigenvalue weighted by molar-refractivity contribution is 7.80. The molecule has 0 saturated carbocycles. The SMILES string of the molecule is NC(=O)[C@H](Cc1ccccc1)NC(=O)[C@H](CS)NC(=O)c1ccc2n[nH]nc2c1. The predicted octanol–water partition coefficient (Wildman–Crippen LogP) is 0.199. The number of carbonyl (C=O) groups excluding carboxylic acids is 3. The van der Waals surface area contributed by atoms with Gasteiger partial charge >= 0.3 is 0 Å².